The molecule has 1 aromatic carbocycles. The van der Waals surface area contributed by atoms with E-state index in [1.54, 1.807) is 31.1 Å². The molecule has 0 aliphatic carbocycles. The predicted octanol–water partition coefficient (Wildman–Crippen LogP) is 3.21. The molecule has 2 rings (SSSR count). The second-order valence-electron chi connectivity index (χ2n) is 3.57. The summed E-state index contributed by atoms with van der Waals surface area (Å²) in [7, 11) is 1.60. The minimum atomic E-state index is 0.602. The molecular weight excluding hydrogens is 242 g/mol. The van der Waals surface area contributed by atoms with Crippen LogP contribution >= 0.6 is 11.8 Å². The van der Waals surface area contributed by atoms with Crippen LogP contribution in [-0.4, -0.2) is 18.3 Å². The average molecular weight is 255 g/mol. The Kier molecular flexibility index (Phi) is 4.27. The first-order valence-corrected chi connectivity index (χ1v) is 6.70. The molecule has 0 aliphatic heterocycles. The van der Waals surface area contributed by atoms with Crippen molar-refractivity contribution in [1.82, 2.24) is 4.98 Å². The lowest BCUT2D eigenvalue weighted by atomic mass is 10.2. The number of ether oxygens (including phenoxy) is 1. The van der Waals surface area contributed by atoms with Crippen LogP contribution in [0.5, 0.6) is 5.88 Å². The molecule has 0 fully saturated rings. The number of aromatic nitrogens is 1. The van der Waals surface area contributed by atoms with E-state index in [2.05, 4.69) is 35.2 Å². The van der Waals surface area contributed by atoms with E-state index in [1.165, 1.54) is 4.90 Å². The van der Waals surface area contributed by atoms with Crippen molar-refractivity contribution >= 4 is 11.8 Å². The zero-order chi connectivity index (χ0) is 12.8. The fraction of sp³-hybridized carbons (Fsp3) is 0.133. The van der Waals surface area contributed by atoms with E-state index in [4.69, 9.17) is 4.74 Å². The summed E-state index contributed by atoms with van der Waals surface area (Å²) in [6, 6.07) is 11.9. The van der Waals surface area contributed by atoms with Gasteiger partial charge in [-0.2, -0.15) is 0 Å². The minimum Gasteiger partial charge on any atom is -0.481 e. The van der Waals surface area contributed by atoms with Gasteiger partial charge in [0.2, 0.25) is 5.88 Å². The maximum absolute atomic E-state index is 5.00. The van der Waals surface area contributed by atoms with Gasteiger partial charge in [-0.3, -0.25) is 0 Å². The zero-order valence-electron chi connectivity index (χ0n) is 10.3. The van der Waals surface area contributed by atoms with Gasteiger partial charge >= 0.3 is 0 Å². The van der Waals surface area contributed by atoms with Gasteiger partial charge < -0.3 is 4.74 Å². The Bertz CT molecular complexity index is 513. The van der Waals surface area contributed by atoms with Crippen molar-refractivity contribution in [1.29, 1.82) is 0 Å². The summed E-state index contributed by atoms with van der Waals surface area (Å²) in [6.45, 7) is 0. The number of hydrogen-bond acceptors (Lipinski definition) is 3. The summed E-state index contributed by atoms with van der Waals surface area (Å²) in [6.07, 6.45) is 3.77. The van der Waals surface area contributed by atoms with Gasteiger partial charge in [0, 0.05) is 28.3 Å². The molecule has 2 aromatic rings. The van der Waals surface area contributed by atoms with E-state index in [9.17, 15) is 0 Å². The van der Waals surface area contributed by atoms with Crippen LogP contribution in [0, 0.1) is 11.8 Å². The van der Waals surface area contributed by atoms with E-state index in [0.29, 0.717) is 5.88 Å². The quantitative estimate of drug-likeness (QED) is 0.607. The van der Waals surface area contributed by atoms with Crippen molar-refractivity contribution in [3.05, 3.63) is 53.7 Å². The topological polar surface area (TPSA) is 22.1 Å². The summed E-state index contributed by atoms with van der Waals surface area (Å²) in [4.78, 5) is 5.35. The lowest BCUT2D eigenvalue weighted by Gasteiger charge is -1.96. The van der Waals surface area contributed by atoms with Gasteiger partial charge in [-0.15, -0.1) is 11.8 Å². The summed E-state index contributed by atoms with van der Waals surface area (Å²) in [5, 5.41) is 0. The molecule has 0 aliphatic rings. The molecule has 0 amide bonds. The van der Waals surface area contributed by atoms with Gasteiger partial charge in [-0.25, -0.2) is 4.98 Å². The van der Waals surface area contributed by atoms with Crippen LogP contribution in [0.4, 0.5) is 0 Å². The first kappa shape index (κ1) is 12.5. The number of methoxy groups -OCH3 is 1. The highest BCUT2D eigenvalue weighted by Gasteiger charge is 1.92. The fourth-order valence-corrected chi connectivity index (χ4v) is 1.80. The average Bonchev–Trinajstić information content (AvgIpc) is 2.46. The molecule has 0 bridgehead atoms. The largest absolute Gasteiger partial charge is 0.481 e. The number of nitrogens with zero attached hydrogens (tertiary/aromatic N) is 1. The smallest absolute Gasteiger partial charge is 0.212 e. The highest BCUT2D eigenvalue weighted by atomic mass is 32.2. The van der Waals surface area contributed by atoms with Gasteiger partial charge in [0.05, 0.1) is 7.11 Å². The van der Waals surface area contributed by atoms with Crippen LogP contribution in [0.15, 0.2) is 47.5 Å². The lowest BCUT2D eigenvalue weighted by Crippen LogP contribution is -1.86. The SMILES string of the molecule is COc1ccc(C#Cc2ccc(SC)cc2)cn1. The number of hydrogen-bond donors (Lipinski definition) is 0. The van der Waals surface area contributed by atoms with Crippen molar-refractivity contribution < 1.29 is 4.74 Å². The van der Waals surface area contributed by atoms with Gasteiger partial charge in [0.1, 0.15) is 0 Å². The standard InChI is InChI=1S/C15H13NOS/c1-17-15-10-7-13(11-16-15)4-3-12-5-8-14(18-2)9-6-12/h5-11H,1-2H3. The molecule has 0 saturated heterocycles. The molecule has 0 saturated carbocycles. The summed E-state index contributed by atoms with van der Waals surface area (Å²) in [5.74, 6) is 6.79. The highest BCUT2D eigenvalue weighted by molar-refractivity contribution is 7.98. The normalized spacial score (nSPS) is 9.44. The molecule has 1 heterocycles. The van der Waals surface area contributed by atoms with Gasteiger partial charge in [0.15, 0.2) is 0 Å². The first-order chi connectivity index (χ1) is 8.81. The number of pyridine rings is 1. The molecule has 2 nitrogen and oxygen atoms in total. The molecule has 18 heavy (non-hydrogen) atoms. The van der Waals surface area contributed by atoms with Crippen molar-refractivity contribution in [3.8, 4) is 17.7 Å². The van der Waals surface area contributed by atoms with Crippen LogP contribution in [0.1, 0.15) is 11.1 Å². The van der Waals surface area contributed by atoms with Crippen molar-refractivity contribution in [3.63, 3.8) is 0 Å². The van der Waals surface area contributed by atoms with Crippen LogP contribution in [0.3, 0.4) is 0 Å². The lowest BCUT2D eigenvalue weighted by molar-refractivity contribution is 0.398. The van der Waals surface area contributed by atoms with E-state index < -0.39 is 0 Å². The van der Waals surface area contributed by atoms with E-state index in [-0.39, 0.29) is 0 Å². The van der Waals surface area contributed by atoms with Crippen LogP contribution < -0.4 is 4.74 Å². The van der Waals surface area contributed by atoms with Crippen molar-refractivity contribution in [2.24, 2.45) is 0 Å². The second kappa shape index (κ2) is 6.13. The summed E-state index contributed by atoms with van der Waals surface area (Å²) >= 11 is 1.72. The van der Waals surface area contributed by atoms with Gasteiger partial charge in [-0.05, 0) is 36.6 Å². The first-order valence-electron chi connectivity index (χ1n) is 5.48. The van der Waals surface area contributed by atoms with Crippen molar-refractivity contribution in [2.45, 2.75) is 4.90 Å². The van der Waals surface area contributed by atoms with Crippen LogP contribution in [0.2, 0.25) is 0 Å². The molecular formula is C15H13NOS. The van der Waals surface area contributed by atoms with Gasteiger partial charge in [0.25, 0.3) is 0 Å². The Morgan fingerprint density at radius 3 is 2.22 bits per heavy atom. The maximum atomic E-state index is 5.00. The fourth-order valence-electron chi connectivity index (χ4n) is 1.39. The Hall–Kier alpha value is -1.92. The maximum Gasteiger partial charge on any atom is 0.212 e. The Morgan fingerprint density at radius 1 is 1.00 bits per heavy atom. The van der Waals surface area contributed by atoms with E-state index in [1.807, 2.05) is 18.2 Å². The minimum absolute atomic E-state index is 0.602. The van der Waals surface area contributed by atoms with Crippen LogP contribution in [-0.2, 0) is 0 Å². The molecule has 1 aromatic heterocycles. The third-order valence-electron chi connectivity index (χ3n) is 2.39. The molecule has 0 N–H and O–H groups in total. The molecule has 0 unspecified atom stereocenters. The number of thioether (sulfide) groups is 1. The zero-order valence-corrected chi connectivity index (χ0v) is 11.1. The third kappa shape index (κ3) is 3.28. The highest BCUT2D eigenvalue weighted by Crippen LogP contribution is 2.14. The molecule has 0 spiro atoms. The predicted molar refractivity (Wildman–Crippen MR) is 75.0 cm³/mol. The number of benzene rings is 1. The Balaban J connectivity index is 2.14. The van der Waals surface area contributed by atoms with Gasteiger partial charge in [-0.1, -0.05) is 11.8 Å². The monoisotopic (exact) mass is 255 g/mol. The van der Waals surface area contributed by atoms with Crippen LogP contribution in [0.25, 0.3) is 0 Å². The van der Waals surface area contributed by atoms with E-state index in [0.717, 1.165) is 11.1 Å². The molecule has 3 heteroatoms. The molecule has 0 atom stereocenters. The second-order valence-corrected chi connectivity index (χ2v) is 4.45. The Morgan fingerprint density at radius 2 is 1.67 bits per heavy atom. The molecule has 0 radical (unpaired) electrons. The van der Waals surface area contributed by atoms with E-state index >= 15 is 0 Å². The third-order valence-corrected chi connectivity index (χ3v) is 3.13. The summed E-state index contributed by atoms with van der Waals surface area (Å²) in [5.41, 5.74) is 1.88. The number of rotatable bonds is 2. The van der Waals surface area contributed by atoms with Crippen molar-refractivity contribution in [2.75, 3.05) is 13.4 Å². The summed E-state index contributed by atoms with van der Waals surface area (Å²) < 4.78 is 5.00. The molecule has 90 valence electrons. The Labute approximate surface area is 111 Å².